The molecule has 0 aromatic heterocycles. The van der Waals surface area contributed by atoms with Gasteiger partial charge in [0.05, 0.1) is 5.75 Å². The van der Waals surface area contributed by atoms with Gasteiger partial charge in [-0.25, -0.2) is 12.8 Å². The third-order valence-electron chi connectivity index (χ3n) is 3.14. The van der Waals surface area contributed by atoms with Crippen LogP contribution in [-0.2, 0) is 28.7 Å². The number of rotatable bonds is 6. The molecule has 4 nitrogen and oxygen atoms in total. The molecule has 118 valence electrons. The van der Waals surface area contributed by atoms with E-state index in [0.717, 1.165) is 11.1 Å². The third-order valence-corrected chi connectivity index (χ3v) is 4.00. The van der Waals surface area contributed by atoms with Gasteiger partial charge in [0.25, 0.3) is 0 Å². The van der Waals surface area contributed by atoms with Crippen molar-refractivity contribution in [2.24, 2.45) is 0 Å². The summed E-state index contributed by atoms with van der Waals surface area (Å²) in [7, 11) is -3.03. The van der Waals surface area contributed by atoms with Crippen LogP contribution in [-0.4, -0.2) is 19.8 Å². The molecule has 2 rings (SSSR count). The first-order chi connectivity index (χ1) is 10.3. The molecule has 0 fully saturated rings. The van der Waals surface area contributed by atoms with Crippen LogP contribution in [0, 0.1) is 5.82 Å². The molecule has 0 aliphatic carbocycles. The van der Waals surface area contributed by atoms with Crippen molar-refractivity contribution >= 4 is 9.84 Å². The second-order valence-corrected chi connectivity index (χ2v) is 7.40. The molecule has 6 heteroatoms. The molecule has 0 aliphatic rings. The number of hydrogen-bond acceptors (Lipinski definition) is 4. The molecule has 0 bridgehead atoms. The minimum absolute atomic E-state index is 0.0257. The van der Waals surface area contributed by atoms with Crippen LogP contribution in [0.25, 0.3) is 0 Å². The fourth-order valence-electron chi connectivity index (χ4n) is 2.09. The van der Waals surface area contributed by atoms with Crippen LogP contribution < -0.4 is 5.32 Å². The Kier molecular flexibility index (Phi) is 5.15. The lowest BCUT2D eigenvalue weighted by atomic mass is 10.1. The molecule has 0 atom stereocenters. The van der Waals surface area contributed by atoms with Gasteiger partial charge in [-0.15, -0.1) is 0 Å². The summed E-state index contributed by atoms with van der Waals surface area (Å²) < 4.78 is 35.5. The van der Waals surface area contributed by atoms with E-state index in [1.54, 1.807) is 12.1 Å². The van der Waals surface area contributed by atoms with Gasteiger partial charge in [-0.3, -0.25) is 0 Å². The predicted molar refractivity (Wildman–Crippen MR) is 83.6 cm³/mol. The highest BCUT2D eigenvalue weighted by Gasteiger charge is 2.05. The van der Waals surface area contributed by atoms with E-state index in [-0.39, 0.29) is 17.3 Å². The molecule has 2 aromatic rings. The van der Waals surface area contributed by atoms with E-state index in [4.69, 9.17) is 0 Å². The van der Waals surface area contributed by atoms with Crippen molar-refractivity contribution in [3.8, 4) is 5.75 Å². The summed E-state index contributed by atoms with van der Waals surface area (Å²) in [4.78, 5) is 0. The number of nitrogens with one attached hydrogen (secondary N) is 1. The van der Waals surface area contributed by atoms with Crippen LogP contribution in [0.15, 0.2) is 42.5 Å². The van der Waals surface area contributed by atoms with E-state index in [1.807, 2.05) is 12.1 Å². The van der Waals surface area contributed by atoms with Crippen molar-refractivity contribution in [3.05, 3.63) is 65.0 Å². The molecule has 0 heterocycles. The van der Waals surface area contributed by atoms with Crippen LogP contribution in [0.2, 0.25) is 0 Å². The molecule has 0 aliphatic heterocycles. The molecular formula is C16H18FNO3S. The Morgan fingerprint density at radius 3 is 2.32 bits per heavy atom. The van der Waals surface area contributed by atoms with Gasteiger partial charge in [-0.1, -0.05) is 24.3 Å². The summed E-state index contributed by atoms with van der Waals surface area (Å²) in [5, 5.41) is 12.7. The van der Waals surface area contributed by atoms with Crippen molar-refractivity contribution < 1.29 is 17.9 Å². The number of benzene rings is 2. The molecule has 0 unspecified atom stereocenters. The number of phenols is 1. The zero-order chi connectivity index (χ0) is 16.2. The third kappa shape index (κ3) is 5.13. The van der Waals surface area contributed by atoms with E-state index in [2.05, 4.69) is 5.32 Å². The van der Waals surface area contributed by atoms with Crippen LogP contribution in [0.3, 0.4) is 0 Å². The Bertz CT molecular complexity index is 742. The Morgan fingerprint density at radius 2 is 1.68 bits per heavy atom. The molecule has 22 heavy (non-hydrogen) atoms. The lowest BCUT2D eigenvalue weighted by Crippen LogP contribution is -2.13. The standard InChI is InChI=1S/C16H18FNO3S/c1-22(20,21)11-13-4-2-12(3-5-13)9-18-10-14-8-15(17)6-7-16(14)19/h2-8,18-19H,9-11H2,1H3. The van der Waals surface area contributed by atoms with Gasteiger partial charge >= 0.3 is 0 Å². The van der Waals surface area contributed by atoms with Gasteiger partial charge in [0.15, 0.2) is 9.84 Å². The Morgan fingerprint density at radius 1 is 1.05 bits per heavy atom. The molecule has 2 aromatic carbocycles. The van der Waals surface area contributed by atoms with E-state index < -0.39 is 9.84 Å². The Balaban J connectivity index is 1.91. The fraction of sp³-hybridized carbons (Fsp3) is 0.250. The maximum atomic E-state index is 13.1. The average Bonchev–Trinajstić information content (AvgIpc) is 2.43. The first kappa shape index (κ1) is 16.5. The van der Waals surface area contributed by atoms with Gasteiger partial charge in [-0.05, 0) is 29.3 Å². The summed E-state index contributed by atoms with van der Waals surface area (Å²) in [6, 6.07) is 11.1. The van der Waals surface area contributed by atoms with Crippen LogP contribution in [0.1, 0.15) is 16.7 Å². The molecule has 0 radical (unpaired) electrons. The highest BCUT2D eigenvalue weighted by atomic mass is 32.2. The fourth-order valence-corrected chi connectivity index (χ4v) is 2.89. The smallest absolute Gasteiger partial charge is 0.151 e. The number of halogens is 1. The van der Waals surface area contributed by atoms with E-state index >= 15 is 0 Å². The molecule has 0 spiro atoms. The van der Waals surface area contributed by atoms with Gasteiger partial charge in [0.1, 0.15) is 11.6 Å². The average molecular weight is 323 g/mol. The number of sulfone groups is 1. The minimum Gasteiger partial charge on any atom is -0.508 e. The zero-order valence-corrected chi connectivity index (χ0v) is 13.0. The minimum atomic E-state index is -3.03. The molecule has 0 saturated carbocycles. The lowest BCUT2D eigenvalue weighted by molar-refractivity contribution is 0.461. The quantitative estimate of drug-likeness (QED) is 0.856. The summed E-state index contributed by atoms with van der Waals surface area (Å²) in [6.45, 7) is 0.879. The van der Waals surface area contributed by atoms with Crippen LogP contribution in [0.4, 0.5) is 4.39 Å². The van der Waals surface area contributed by atoms with Crippen LogP contribution >= 0.6 is 0 Å². The van der Waals surface area contributed by atoms with Crippen LogP contribution in [0.5, 0.6) is 5.75 Å². The molecule has 2 N–H and O–H groups in total. The van der Waals surface area contributed by atoms with E-state index in [1.165, 1.54) is 24.5 Å². The maximum Gasteiger partial charge on any atom is 0.151 e. The monoisotopic (exact) mass is 323 g/mol. The van der Waals surface area contributed by atoms with Gasteiger partial charge in [-0.2, -0.15) is 0 Å². The molecule has 0 saturated heterocycles. The van der Waals surface area contributed by atoms with Gasteiger partial charge < -0.3 is 10.4 Å². The predicted octanol–water partition coefficient (Wildman–Crippen LogP) is 2.37. The highest BCUT2D eigenvalue weighted by Crippen LogP contribution is 2.17. The molecule has 0 amide bonds. The maximum absolute atomic E-state index is 13.1. The van der Waals surface area contributed by atoms with Gasteiger partial charge in [0, 0.05) is 24.9 Å². The van der Waals surface area contributed by atoms with Crippen molar-refractivity contribution in [3.63, 3.8) is 0 Å². The van der Waals surface area contributed by atoms with E-state index in [9.17, 15) is 17.9 Å². The van der Waals surface area contributed by atoms with Crippen molar-refractivity contribution in [1.29, 1.82) is 0 Å². The summed E-state index contributed by atoms with van der Waals surface area (Å²) in [5.41, 5.74) is 2.22. The normalized spacial score (nSPS) is 11.5. The first-order valence-corrected chi connectivity index (χ1v) is 8.83. The zero-order valence-electron chi connectivity index (χ0n) is 12.2. The lowest BCUT2D eigenvalue weighted by Gasteiger charge is -2.08. The summed E-state index contributed by atoms with van der Waals surface area (Å²) in [6.07, 6.45) is 1.20. The number of hydrogen-bond donors (Lipinski definition) is 2. The van der Waals surface area contributed by atoms with Crippen molar-refractivity contribution in [1.82, 2.24) is 5.32 Å². The largest absolute Gasteiger partial charge is 0.508 e. The Labute approximate surface area is 129 Å². The number of aromatic hydroxyl groups is 1. The Hall–Kier alpha value is -1.92. The SMILES string of the molecule is CS(=O)(=O)Cc1ccc(CNCc2cc(F)ccc2O)cc1. The number of phenolic OH excluding ortho intramolecular Hbond substituents is 1. The highest BCUT2D eigenvalue weighted by molar-refractivity contribution is 7.89. The van der Waals surface area contributed by atoms with Gasteiger partial charge in [0.2, 0.25) is 0 Å². The second kappa shape index (κ2) is 6.89. The summed E-state index contributed by atoms with van der Waals surface area (Å²) >= 11 is 0. The van der Waals surface area contributed by atoms with Crippen molar-refractivity contribution in [2.75, 3.05) is 6.26 Å². The topological polar surface area (TPSA) is 66.4 Å². The first-order valence-electron chi connectivity index (χ1n) is 6.77. The summed E-state index contributed by atoms with van der Waals surface area (Å²) in [5.74, 6) is -0.310. The molecular weight excluding hydrogens is 305 g/mol. The van der Waals surface area contributed by atoms with Crippen molar-refractivity contribution in [2.45, 2.75) is 18.8 Å². The van der Waals surface area contributed by atoms with E-state index in [0.29, 0.717) is 18.7 Å². The second-order valence-electron chi connectivity index (χ2n) is 5.26.